The lowest BCUT2D eigenvalue weighted by Gasteiger charge is -2.11. The van der Waals surface area contributed by atoms with Gasteiger partial charge in [-0.25, -0.2) is 9.59 Å². The average Bonchev–Trinajstić information content (AvgIpc) is 2.77. The summed E-state index contributed by atoms with van der Waals surface area (Å²) in [6.07, 6.45) is 3.10. The van der Waals surface area contributed by atoms with Crippen LogP contribution in [0.5, 0.6) is 0 Å². The van der Waals surface area contributed by atoms with Gasteiger partial charge < -0.3 is 15.7 Å². The summed E-state index contributed by atoms with van der Waals surface area (Å²) in [5, 5.41) is 18.2. The number of carbonyl (C=O) groups is 2. The molecule has 2 amide bonds. The average molecular weight is 418 g/mol. The van der Waals surface area contributed by atoms with Gasteiger partial charge in [0, 0.05) is 22.2 Å². The van der Waals surface area contributed by atoms with E-state index in [2.05, 4.69) is 47.6 Å². The predicted molar refractivity (Wildman–Crippen MR) is 84.7 cm³/mol. The molecule has 110 valence electrons. The van der Waals surface area contributed by atoms with Gasteiger partial charge in [0.25, 0.3) is 0 Å². The molecule has 0 spiro atoms. The van der Waals surface area contributed by atoms with Gasteiger partial charge in [0.05, 0.1) is 23.1 Å². The Morgan fingerprint density at radius 1 is 1.29 bits per heavy atom. The summed E-state index contributed by atoms with van der Waals surface area (Å²) < 4.78 is 2.58. The normalized spacial score (nSPS) is 10.2. The van der Waals surface area contributed by atoms with Crippen LogP contribution in [-0.4, -0.2) is 26.9 Å². The van der Waals surface area contributed by atoms with Gasteiger partial charge in [0.15, 0.2) is 0 Å². The lowest BCUT2D eigenvalue weighted by atomic mass is 10.2. The minimum absolute atomic E-state index is 0.0300. The number of carbonyl (C=O) groups excluding carboxylic acids is 1. The molecule has 0 bridgehead atoms. The largest absolute Gasteiger partial charge is 0.478 e. The SMILES string of the molecule is Cn1cc(NC(=O)Nc2c(Br)cc(Br)cc2C(=O)O)cn1. The fourth-order valence-electron chi connectivity index (χ4n) is 1.63. The molecule has 0 unspecified atom stereocenters. The summed E-state index contributed by atoms with van der Waals surface area (Å²) >= 11 is 6.44. The molecule has 0 atom stereocenters. The van der Waals surface area contributed by atoms with Crippen molar-refractivity contribution in [3.8, 4) is 0 Å². The molecule has 2 aromatic rings. The van der Waals surface area contributed by atoms with Crippen molar-refractivity contribution in [1.82, 2.24) is 9.78 Å². The Labute approximate surface area is 136 Å². The summed E-state index contributed by atoms with van der Waals surface area (Å²) in [5.74, 6) is -1.14. The zero-order valence-corrected chi connectivity index (χ0v) is 13.9. The van der Waals surface area contributed by atoms with E-state index >= 15 is 0 Å². The van der Waals surface area contributed by atoms with Crippen molar-refractivity contribution < 1.29 is 14.7 Å². The predicted octanol–water partition coefficient (Wildman–Crippen LogP) is 3.29. The maximum atomic E-state index is 11.9. The molecule has 0 fully saturated rings. The molecule has 1 aromatic heterocycles. The highest BCUT2D eigenvalue weighted by molar-refractivity contribution is 9.11. The van der Waals surface area contributed by atoms with E-state index in [0.717, 1.165) is 0 Å². The number of rotatable bonds is 3. The van der Waals surface area contributed by atoms with Crippen LogP contribution in [0.1, 0.15) is 10.4 Å². The van der Waals surface area contributed by atoms with Gasteiger partial charge in [-0.1, -0.05) is 15.9 Å². The van der Waals surface area contributed by atoms with Crippen LogP contribution in [0.3, 0.4) is 0 Å². The fourth-order valence-corrected chi connectivity index (χ4v) is 2.96. The van der Waals surface area contributed by atoms with Crippen LogP contribution in [0.15, 0.2) is 33.5 Å². The van der Waals surface area contributed by atoms with E-state index in [1.54, 1.807) is 19.3 Å². The van der Waals surface area contributed by atoms with Crippen molar-refractivity contribution in [1.29, 1.82) is 0 Å². The number of anilines is 2. The quantitative estimate of drug-likeness (QED) is 0.713. The minimum Gasteiger partial charge on any atom is -0.478 e. The van der Waals surface area contributed by atoms with E-state index in [0.29, 0.717) is 14.6 Å². The molecule has 0 aliphatic heterocycles. The van der Waals surface area contributed by atoms with Crippen molar-refractivity contribution in [2.75, 3.05) is 10.6 Å². The first kappa shape index (κ1) is 15.5. The van der Waals surface area contributed by atoms with Crippen LogP contribution in [0, 0.1) is 0 Å². The van der Waals surface area contributed by atoms with Gasteiger partial charge in [-0.05, 0) is 28.1 Å². The Bertz CT molecular complexity index is 715. The Morgan fingerprint density at radius 3 is 2.57 bits per heavy atom. The van der Waals surface area contributed by atoms with Crippen molar-refractivity contribution in [3.05, 3.63) is 39.0 Å². The van der Waals surface area contributed by atoms with Gasteiger partial charge in [-0.3, -0.25) is 4.68 Å². The van der Waals surface area contributed by atoms with Crippen molar-refractivity contribution in [2.24, 2.45) is 7.05 Å². The summed E-state index contributed by atoms with van der Waals surface area (Å²) in [4.78, 5) is 23.2. The van der Waals surface area contributed by atoms with Gasteiger partial charge in [0.1, 0.15) is 0 Å². The van der Waals surface area contributed by atoms with Crippen LogP contribution in [0.25, 0.3) is 0 Å². The molecule has 1 aromatic carbocycles. The molecule has 2 rings (SSSR count). The van der Waals surface area contributed by atoms with Gasteiger partial charge in [0.2, 0.25) is 0 Å². The summed E-state index contributed by atoms with van der Waals surface area (Å²) in [7, 11) is 1.72. The van der Waals surface area contributed by atoms with Crippen LogP contribution in [0.4, 0.5) is 16.2 Å². The van der Waals surface area contributed by atoms with E-state index in [1.165, 1.54) is 16.9 Å². The van der Waals surface area contributed by atoms with Crippen LogP contribution in [-0.2, 0) is 7.05 Å². The number of hydrogen-bond donors (Lipinski definition) is 3. The molecule has 0 radical (unpaired) electrons. The topological polar surface area (TPSA) is 96.2 Å². The van der Waals surface area contributed by atoms with E-state index in [1.807, 2.05) is 0 Å². The summed E-state index contributed by atoms with van der Waals surface area (Å²) in [6, 6.07) is 2.49. The molecule has 0 aliphatic carbocycles. The Kier molecular flexibility index (Phi) is 4.63. The molecule has 1 heterocycles. The van der Waals surface area contributed by atoms with Crippen LogP contribution >= 0.6 is 31.9 Å². The third-order valence-corrected chi connectivity index (χ3v) is 3.57. The number of aryl methyl sites for hydroxylation is 1. The standard InChI is InChI=1S/C12H10Br2N4O3/c1-18-5-7(4-15-18)16-12(21)17-10-8(11(19)20)2-6(13)3-9(10)14/h2-5H,1H3,(H,19,20)(H2,16,17,21). The number of hydrogen-bond acceptors (Lipinski definition) is 3. The van der Waals surface area contributed by atoms with Crippen molar-refractivity contribution in [2.45, 2.75) is 0 Å². The van der Waals surface area contributed by atoms with Crippen molar-refractivity contribution in [3.63, 3.8) is 0 Å². The number of benzene rings is 1. The Balaban J connectivity index is 2.22. The van der Waals surface area contributed by atoms with Crippen LogP contribution in [0.2, 0.25) is 0 Å². The highest BCUT2D eigenvalue weighted by Gasteiger charge is 2.17. The van der Waals surface area contributed by atoms with E-state index in [-0.39, 0.29) is 11.3 Å². The molecule has 9 heteroatoms. The maximum Gasteiger partial charge on any atom is 0.337 e. The maximum absolute atomic E-state index is 11.9. The number of halogens is 2. The second kappa shape index (κ2) is 6.27. The number of aromatic carboxylic acids is 1. The number of carboxylic acids is 1. The number of amides is 2. The zero-order valence-electron chi connectivity index (χ0n) is 10.7. The number of aromatic nitrogens is 2. The molecular formula is C12H10Br2N4O3. The monoisotopic (exact) mass is 416 g/mol. The lowest BCUT2D eigenvalue weighted by Crippen LogP contribution is -2.21. The van der Waals surface area contributed by atoms with Gasteiger partial charge >= 0.3 is 12.0 Å². The highest BCUT2D eigenvalue weighted by Crippen LogP contribution is 2.31. The molecule has 0 saturated carbocycles. The Morgan fingerprint density at radius 2 is 2.00 bits per heavy atom. The van der Waals surface area contributed by atoms with E-state index in [4.69, 9.17) is 0 Å². The number of nitrogens with zero attached hydrogens (tertiary/aromatic N) is 2. The number of carboxylic acid groups (broad SMARTS) is 1. The number of nitrogens with one attached hydrogen (secondary N) is 2. The third-order valence-electron chi connectivity index (χ3n) is 2.49. The number of urea groups is 1. The van der Waals surface area contributed by atoms with Gasteiger partial charge in [-0.15, -0.1) is 0 Å². The highest BCUT2D eigenvalue weighted by atomic mass is 79.9. The first-order chi connectivity index (χ1) is 9.86. The minimum atomic E-state index is -1.14. The first-order valence-corrected chi connectivity index (χ1v) is 7.24. The van der Waals surface area contributed by atoms with E-state index in [9.17, 15) is 14.7 Å². The molecule has 0 saturated heterocycles. The second-order valence-electron chi connectivity index (χ2n) is 4.10. The molecule has 7 nitrogen and oxygen atoms in total. The molecule has 0 aliphatic rings. The summed E-state index contributed by atoms with van der Waals surface area (Å²) in [6.45, 7) is 0. The van der Waals surface area contributed by atoms with Crippen LogP contribution < -0.4 is 10.6 Å². The molecule has 21 heavy (non-hydrogen) atoms. The molecule has 3 N–H and O–H groups in total. The van der Waals surface area contributed by atoms with E-state index < -0.39 is 12.0 Å². The first-order valence-electron chi connectivity index (χ1n) is 5.66. The second-order valence-corrected chi connectivity index (χ2v) is 5.87. The van der Waals surface area contributed by atoms with Gasteiger partial charge in [-0.2, -0.15) is 5.10 Å². The zero-order chi connectivity index (χ0) is 15.6. The third kappa shape index (κ3) is 3.82. The molecular weight excluding hydrogens is 408 g/mol. The van der Waals surface area contributed by atoms with Crippen molar-refractivity contribution >= 4 is 55.2 Å². The smallest absolute Gasteiger partial charge is 0.337 e. The lowest BCUT2D eigenvalue weighted by molar-refractivity contribution is 0.0698. The fraction of sp³-hybridized carbons (Fsp3) is 0.0833. The Hall–Kier alpha value is -1.87. The summed E-state index contributed by atoms with van der Waals surface area (Å²) in [5.41, 5.74) is 0.643.